The lowest BCUT2D eigenvalue weighted by Gasteiger charge is -2.39. The number of ether oxygens (including phenoxy) is 2. The minimum absolute atomic E-state index is 0.0386. The Morgan fingerprint density at radius 3 is 2.63 bits per heavy atom. The van der Waals surface area contributed by atoms with Crippen LogP contribution < -0.4 is 4.74 Å². The van der Waals surface area contributed by atoms with E-state index in [4.69, 9.17) is 9.47 Å². The Kier molecular flexibility index (Phi) is 6.82. The fourth-order valence-corrected chi connectivity index (χ4v) is 4.13. The summed E-state index contributed by atoms with van der Waals surface area (Å²) in [6.45, 7) is 10.7. The van der Waals surface area contributed by atoms with Crippen molar-refractivity contribution < 1.29 is 19.4 Å². The fraction of sp³-hybridized carbons (Fsp3) is 0.696. The maximum atomic E-state index is 11.9. The van der Waals surface area contributed by atoms with E-state index in [9.17, 15) is 9.90 Å². The lowest BCUT2D eigenvalue weighted by molar-refractivity contribution is -0.141. The van der Waals surface area contributed by atoms with Crippen LogP contribution in [0.15, 0.2) is 12.1 Å². The Morgan fingerprint density at radius 2 is 2.00 bits per heavy atom. The summed E-state index contributed by atoms with van der Waals surface area (Å²) < 4.78 is 11.1. The zero-order valence-corrected chi connectivity index (χ0v) is 17.9. The molecule has 4 nitrogen and oxygen atoms in total. The lowest BCUT2D eigenvalue weighted by atomic mass is 9.76. The lowest BCUT2D eigenvalue weighted by Crippen LogP contribution is -2.36. The number of methoxy groups -OCH3 is 1. The van der Waals surface area contributed by atoms with Crippen molar-refractivity contribution in [1.29, 1.82) is 0 Å². The predicted molar refractivity (Wildman–Crippen MR) is 109 cm³/mol. The molecule has 1 atom stereocenters. The van der Waals surface area contributed by atoms with Gasteiger partial charge in [0.05, 0.1) is 13.5 Å². The van der Waals surface area contributed by atoms with Crippen LogP contribution in [0.1, 0.15) is 96.6 Å². The number of esters is 1. The molecule has 4 heteroatoms. The molecule has 1 unspecified atom stereocenters. The van der Waals surface area contributed by atoms with Crippen molar-refractivity contribution in [3.63, 3.8) is 0 Å². The molecule has 0 amide bonds. The number of aromatic hydroxyl groups is 1. The SMILES string of the molecule is CCCCCCC(C)(C)c1cc(O)c2c(c1)OC(C)(C)CC2CC(=O)OC. The maximum Gasteiger partial charge on any atom is 0.306 e. The molecule has 0 saturated heterocycles. The van der Waals surface area contributed by atoms with Crippen molar-refractivity contribution in [1.82, 2.24) is 0 Å². The van der Waals surface area contributed by atoms with E-state index in [0.29, 0.717) is 12.2 Å². The van der Waals surface area contributed by atoms with E-state index in [1.165, 1.54) is 32.8 Å². The van der Waals surface area contributed by atoms with E-state index in [0.717, 1.165) is 17.5 Å². The van der Waals surface area contributed by atoms with E-state index < -0.39 is 0 Å². The minimum Gasteiger partial charge on any atom is -0.508 e. The van der Waals surface area contributed by atoms with Crippen LogP contribution in [0.4, 0.5) is 0 Å². The summed E-state index contributed by atoms with van der Waals surface area (Å²) in [5, 5.41) is 10.8. The van der Waals surface area contributed by atoms with Crippen LogP contribution in [0, 0.1) is 0 Å². The number of benzene rings is 1. The Morgan fingerprint density at radius 1 is 1.30 bits per heavy atom. The molecule has 1 aromatic carbocycles. The van der Waals surface area contributed by atoms with Crippen molar-refractivity contribution in [3.8, 4) is 11.5 Å². The van der Waals surface area contributed by atoms with Crippen LogP contribution in [0.2, 0.25) is 0 Å². The monoisotopic (exact) mass is 376 g/mol. The fourth-order valence-electron chi connectivity index (χ4n) is 4.13. The molecule has 1 N–H and O–H groups in total. The van der Waals surface area contributed by atoms with Crippen LogP contribution in [0.3, 0.4) is 0 Å². The van der Waals surface area contributed by atoms with Gasteiger partial charge < -0.3 is 14.6 Å². The van der Waals surface area contributed by atoms with Gasteiger partial charge in [0.1, 0.15) is 17.1 Å². The molecule has 0 fully saturated rings. The summed E-state index contributed by atoms with van der Waals surface area (Å²) in [6, 6.07) is 3.94. The Balaban J connectivity index is 2.33. The molecular weight excluding hydrogens is 340 g/mol. The second-order valence-electron chi connectivity index (χ2n) is 9.14. The largest absolute Gasteiger partial charge is 0.508 e. The third-order valence-electron chi connectivity index (χ3n) is 5.73. The topological polar surface area (TPSA) is 55.8 Å². The van der Waals surface area contributed by atoms with Gasteiger partial charge in [-0.05, 0) is 49.8 Å². The van der Waals surface area contributed by atoms with Gasteiger partial charge in [0.15, 0.2) is 0 Å². The standard InChI is InChI=1S/C23H36O4/c1-7-8-9-10-11-22(2,3)17-13-18(24)21-16(12-20(25)26-6)15-23(4,5)27-19(21)14-17/h13-14,16,24H,7-12,15H2,1-6H3. The molecule has 1 aliphatic rings. The third-order valence-corrected chi connectivity index (χ3v) is 5.73. The maximum absolute atomic E-state index is 11.9. The van der Waals surface area contributed by atoms with Gasteiger partial charge in [0, 0.05) is 11.5 Å². The molecule has 0 aliphatic carbocycles. The third kappa shape index (κ3) is 5.40. The number of hydrogen-bond acceptors (Lipinski definition) is 4. The molecule has 0 bridgehead atoms. The summed E-state index contributed by atoms with van der Waals surface area (Å²) in [4.78, 5) is 11.9. The Labute approximate surface area is 164 Å². The van der Waals surface area contributed by atoms with Crippen LogP contribution in [-0.2, 0) is 14.9 Å². The van der Waals surface area contributed by atoms with Gasteiger partial charge in [0.25, 0.3) is 0 Å². The molecular formula is C23H36O4. The highest BCUT2D eigenvalue weighted by Crippen LogP contribution is 2.49. The Hall–Kier alpha value is -1.71. The summed E-state index contributed by atoms with van der Waals surface area (Å²) in [5.74, 6) is 0.576. The normalized spacial score (nSPS) is 18.5. The predicted octanol–water partition coefficient (Wildman–Crippen LogP) is 5.85. The molecule has 1 heterocycles. The summed E-state index contributed by atoms with van der Waals surface area (Å²) >= 11 is 0. The molecule has 0 saturated carbocycles. The number of phenols is 1. The van der Waals surface area contributed by atoms with Gasteiger partial charge in [0.2, 0.25) is 0 Å². The van der Waals surface area contributed by atoms with Crippen LogP contribution in [0.5, 0.6) is 11.5 Å². The number of carbonyl (C=O) groups is 1. The number of fused-ring (bicyclic) bond motifs is 1. The zero-order chi connectivity index (χ0) is 20.2. The summed E-state index contributed by atoms with van der Waals surface area (Å²) in [6.07, 6.45) is 6.90. The van der Waals surface area contributed by atoms with E-state index in [-0.39, 0.29) is 35.1 Å². The molecule has 0 spiro atoms. The van der Waals surface area contributed by atoms with Crippen molar-refractivity contribution in [2.24, 2.45) is 0 Å². The van der Waals surface area contributed by atoms with Gasteiger partial charge >= 0.3 is 5.97 Å². The molecule has 1 aliphatic heterocycles. The summed E-state index contributed by atoms with van der Waals surface area (Å²) in [5.41, 5.74) is 1.40. The molecule has 0 aromatic heterocycles. The quantitative estimate of drug-likeness (QED) is 0.457. The van der Waals surface area contributed by atoms with Gasteiger partial charge in [-0.15, -0.1) is 0 Å². The van der Waals surface area contributed by atoms with E-state index in [2.05, 4.69) is 26.8 Å². The highest BCUT2D eigenvalue weighted by atomic mass is 16.5. The number of hydrogen-bond donors (Lipinski definition) is 1. The van der Waals surface area contributed by atoms with Crippen molar-refractivity contribution in [2.45, 2.75) is 96.5 Å². The Bertz CT molecular complexity index is 661. The van der Waals surface area contributed by atoms with Crippen molar-refractivity contribution in [3.05, 3.63) is 23.3 Å². The summed E-state index contributed by atoms with van der Waals surface area (Å²) in [7, 11) is 1.40. The van der Waals surface area contributed by atoms with E-state index >= 15 is 0 Å². The number of rotatable bonds is 8. The zero-order valence-electron chi connectivity index (χ0n) is 17.9. The van der Waals surface area contributed by atoms with Gasteiger partial charge in [-0.25, -0.2) is 0 Å². The van der Waals surface area contributed by atoms with E-state index in [1.807, 2.05) is 19.9 Å². The minimum atomic E-state index is -0.387. The highest BCUT2D eigenvalue weighted by molar-refractivity contribution is 5.71. The second kappa shape index (κ2) is 8.53. The first-order chi connectivity index (χ1) is 12.6. The first-order valence-electron chi connectivity index (χ1n) is 10.2. The number of phenolic OH excluding ortho intramolecular Hbond substituents is 1. The van der Waals surface area contributed by atoms with Crippen LogP contribution in [0.25, 0.3) is 0 Å². The first-order valence-corrected chi connectivity index (χ1v) is 10.2. The van der Waals surface area contributed by atoms with Crippen molar-refractivity contribution >= 4 is 5.97 Å². The molecule has 1 aromatic rings. The van der Waals surface area contributed by atoms with Crippen LogP contribution in [-0.4, -0.2) is 23.8 Å². The molecule has 152 valence electrons. The van der Waals surface area contributed by atoms with Gasteiger partial charge in [-0.2, -0.15) is 0 Å². The van der Waals surface area contributed by atoms with Crippen molar-refractivity contribution in [2.75, 3.05) is 7.11 Å². The van der Waals surface area contributed by atoms with Gasteiger partial charge in [-0.1, -0.05) is 46.5 Å². The molecule has 0 radical (unpaired) electrons. The average molecular weight is 377 g/mol. The highest BCUT2D eigenvalue weighted by Gasteiger charge is 2.38. The number of carbonyl (C=O) groups excluding carboxylic acids is 1. The molecule has 2 rings (SSSR count). The number of unbranched alkanes of at least 4 members (excludes halogenated alkanes) is 3. The van der Waals surface area contributed by atoms with E-state index in [1.54, 1.807) is 0 Å². The van der Waals surface area contributed by atoms with Crippen LogP contribution >= 0.6 is 0 Å². The average Bonchev–Trinajstić information content (AvgIpc) is 2.56. The van der Waals surface area contributed by atoms with Gasteiger partial charge in [-0.3, -0.25) is 4.79 Å². The first kappa shape index (κ1) is 21.6. The smallest absolute Gasteiger partial charge is 0.306 e. The second-order valence-corrected chi connectivity index (χ2v) is 9.14. The molecule has 27 heavy (non-hydrogen) atoms.